The van der Waals surface area contributed by atoms with Crippen LogP contribution in [-0.2, 0) is 15.0 Å². The van der Waals surface area contributed by atoms with E-state index in [2.05, 4.69) is 5.37 Å². The van der Waals surface area contributed by atoms with Crippen molar-refractivity contribution in [3.8, 4) is 0 Å². The zero-order valence-corrected chi connectivity index (χ0v) is 10.5. The molecule has 8 heteroatoms. The van der Waals surface area contributed by atoms with Crippen LogP contribution in [0.3, 0.4) is 0 Å². The standard InChI is InChI=1S/2C2H4O2.3H2O.Pb/c2*1-2(3)4;;;;/h2*1H3,(H,3,4);3*1H2;/q;;;;;+2/p-2. The van der Waals surface area contributed by atoms with Gasteiger partial charge in [-0.25, -0.2) is 0 Å². The van der Waals surface area contributed by atoms with Gasteiger partial charge >= 0.3 is 65.9 Å². The number of rotatable bonds is 2. The third kappa shape index (κ3) is 22.6. The van der Waals surface area contributed by atoms with Gasteiger partial charge in [-0.05, 0) is 0 Å². The Hall–Kier alpha value is -0.258. The molecule has 0 aliphatic heterocycles. The Morgan fingerprint density at radius 1 is 0.917 bits per heavy atom. The normalized spacial score (nSPS) is 6.17. The first kappa shape index (κ1) is 22.6. The Kier molecular flexibility index (Phi) is 25.1. The fraction of sp³-hybridized carbons (Fsp3) is 0.500. The molecule has 0 aliphatic carbocycles. The third-order valence-electron chi connectivity index (χ3n) is 0.371. The summed E-state index contributed by atoms with van der Waals surface area (Å²) in [5.74, 6) is -0.751. The zero-order valence-electron chi connectivity index (χ0n) is 6.63. The van der Waals surface area contributed by atoms with Crippen LogP contribution >= 0.6 is 0 Å². The van der Waals surface area contributed by atoms with E-state index in [0.717, 1.165) is 0 Å². The van der Waals surface area contributed by atoms with Crippen molar-refractivity contribution in [3.63, 3.8) is 0 Å². The fourth-order valence-electron chi connectivity index (χ4n) is 0.138. The Bertz CT molecular complexity index is 111. The SMILES string of the molecule is CC(=O)[O][Pb][O]C(C)=O.O.O.O. The van der Waals surface area contributed by atoms with Gasteiger partial charge in [-0.15, -0.1) is 0 Å². The van der Waals surface area contributed by atoms with Crippen molar-refractivity contribution < 1.29 is 31.4 Å². The fourth-order valence-corrected chi connectivity index (χ4v) is 1.21. The molecular formula is C4H12O7Pb. The van der Waals surface area contributed by atoms with E-state index < -0.39 is 25.1 Å². The molecule has 0 unspecified atom stereocenters. The van der Waals surface area contributed by atoms with Crippen LogP contribution in [0.25, 0.3) is 0 Å². The van der Waals surface area contributed by atoms with Gasteiger partial charge in [0.25, 0.3) is 0 Å². The summed E-state index contributed by atoms with van der Waals surface area (Å²) in [5, 5.41) is 0. The molecule has 0 aromatic rings. The molecule has 0 aromatic heterocycles. The van der Waals surface area contributed by atoms with Gasteiger partial charge in [0.2, 0.25) is 0 Å². The first-order valence-electron chi connectivity index (χ1n) is 2.22. The summed E-state index contributed by atoms with van der Waals surface area (Å²) in [6, 6.07) is 0. The minimum absolute atomic E-state index is 0. The Labute approximate surface area is 82.5 Å². The molecule has 0 atom stereocenters. The molecule has 0 spiro atoms. The molecule has 0 amide bonds. The predicted octanol–water partition coefficient (Wildman–Crippen LogP) is -2.83. The Balaban J connectivity index is -0.000000107. The summed E-state index contributed by atoms with van der Waals surface area (Å²) in [5.41, 5.74) is 0. The monoisotopic (exact) mass is 380 g/mol. The van der Waals surface area contributed by atoms with Crippen LogP contribution in [0.2, 0.25) is 0 Å². The maximum atomic E-state index is 10.1. The molecule has 0 bridgehead atoms. The van der Waals surface area contributed by atoms with Crippen molar-refractivity contribution >= 4 is 37.1 Å². The second-order valence-electron chi connectivity index (χ2n) is 1.27. The number of hydrogen-bond acceptors (Lipinski definition) is 4. The van der Waals surface area contributed by atoms with E-state index in [0.29, 0.717) is 0 Å². The third-order valence-corrected chi connectivity index (χ3v) is 3.25. The summed E-state index contributed by atoms with van der Waals surface area (Å²) in [4.78, 5) is 20.1. The van der Waals surface area contributed by atoms with Crippen LogP contribution in [-0.4, -0.2) is 53.5 Å². The minimum Gasteiger partial charge on any atom is -0.412 e. The van der Waals surface area contributed by atoms with Crippen molar-refractivity contribution in [3.05, 3.63) is 0 Å². The van der Waals surface area contributed by atoms with E-state index >= 15 is 0 Å². The molecule has 74 valence electrons. The number of carbonyl (C=O) groups excluding carboxylic acids is 2. The molecule has 0 saturated heterocycles. The molecule has 0 fully saturated rings. The molecule has 0 rings (SSSR count). The molecule has 0 heterocycles. The molecule has 0 aromatic carbocycles. The van der Waals surface area contributed by atoms with Crippen LogP contribution in [0, 0.1) is 0 Å². The van der Waals surface area contributed by atoms with Crippen molar-refractivity contribution in [2.24, 2.45) is 0 Å². The molecule has 12 heavy (non-hydrogen) atoms. The van der Waals surface area contributed by atoms with E-state index in [1.54, 1.807) is 0 Å². The van der Waals surface area contributed by atoms with Crippen molar-refractivity contribution in [1.29, 1.82) is 0 Å². The van der Waals surface area contributed by atoms with E-state index in [1.165, 1.54) is 13.8 Å². The van der Waals surface area contributed by atoms with Gasteiger partial charge in [-0.1, -0.05) is 0 Å². The Morgan fingerprint density at radius 2 is 1.17 bits per heavy atom. The van der Waals surface area contributed by atoms with Gasteiger partial charge in [0.1, 0.15) is 0 Å². The van der Waals surface area contributed by atoms with Crippen LogP contribution in [0.4, 0.5) is 0 Å². The molecule has 0 aliphatic rings. The second kappa shape index (κ2) is 13.3. The molecule has 6 N–H and O–H groups in total. The molecule has 0 saturated carbocycles. The maximum absolute atomic E-state index is 10.1. The summed E-state index contributed by atoms with van der Waals surface area (Å²) in [6.07, 6.45) is 0. The van der Waals surface area contributed by atoms with Gasteiger partial charge in [-0.3, -0.25) is 0 Å². The number of hydrogen-bond donors (Lipinski definition) is 0. The summed E-state index contributed by atoms with van der Waals surface area (Å²) < 4.78 is 8.93. The largest absolute Gasteiger partial charge is 0.412 e. The van der Waals surface area contributed by atoms with Crippen molar-refractivity contribution in [2.45, 2.75) is 13.8 Å². The molecular weight excluding hydrogens is 367 g/mol. The molecule has 2 radical (unpaired) electrons. The van der Waals surface area contributed by atoms with Crippen LogP contribution in [0.15, 0.2) is 0 Å². The van der Waals surface area contributed by atoms with Gasteiger partial charge in [0.15, 0.2) is 0 Å². The number of carbonyl (C=O) groups is 2. The summed E-state index contributed by atoms with van der Waals surface area (Å²) in [6.45, 7) is 2.58. The topological polar surface area (TPSA) is 147 Å². The van der Waals surface area contributed by atoms with Crippen LogP contribution in [0.5, 0.6) is 0 Å². The second-order valence-corrected chi connectivity index (χ2v) is 3.51. The van der Waals surface area contributed by atoms with E-state index in [9.17, 15) is 9.59 Å². The average molecular weight is 379 g/mol. The summed E-state index contributed by atoms with van der Waals surface area (Å²) in [7, 11) is 0. The van der Waals surface area contributed by atoms with Crippen LogP contribution < -0.4 is 0 Å². The zero-order chi connectivity index (χ0) is 7.28. The van der Waals surface area contributed by atoms with Gasteiger partial charge in [0, 0.05) is 0 Å². The minimum atomic E-state index is -1.82. The van der Waals surface area contributed by atoms with Gasteiger partial charge < -0.3 is 16.4 Å². The van der Waals surface area contributed by atoms with Crippen molar-refractivity contribution in [2.75, 3.05) is 0 Å². The molecule has 7 nitrogen and oxygen atoms in total. The average Bonchev–Trinajstić information content (AvgIpc) is 1.63. The quantitative estimate of drug-likeness (QED) is 0.476. The maximum Gasteiger partial charge on any atom is -0.412 e. The van der Waals surface area contributed by atoms with E-state index in [4.69, 9.17) is 0 Å². The van der Waals surface area contributed by atoms with Crippen molar-refractivity contribution in [1.82, 2.24) is 0 Å². The van der Waals surface area contributed by atoms with Crippen LogP contribution in [0.1, 0.15) is 13.8 Å². The van der Waals surface area contributed by atoms with Gasteiger partial charge in [-0.2, -0.15) is 0 Å². The van der Waals surface area contributed by atoms with E-state index in [1.807, 2.05) is 0 Å². The smallest absolute Gasteiger partial charge is 0.412 e. The first-order valence-corrected chi connectivity index (χ1v) is 5.40. The first-order chi connectivity index (χ1) is 4.13. The predicted molar refractivity (Wildman–Crippen MR) is 40.1 cm³/mol. The summed E-state index contributed by atoms with van der Waals surface area (Å²) >= 11 is -1.82. The van der Waals surface area contributed by atoms with E-state index in [-0.39, 0.29) is 28.4 Å². The van der Waals surface area contributed by atoms with Gasteiger partial charge in [0.05, 0.1) is 0 Å². The Morgan fingerprint density at radius 3 is 1.33 bits per heavy atom.